The standard InChI is InChI=1S/C26H27N5OS/c1-18-21(25(32)31-16-17-33-26(31)28-18)9-13-29-11-6-20(7-12-29)23-22-5-3-2-4-19(22)8-14-30-15-10-27-24(23)30/h2-5,10,15-17H,6-9,11-14H2,1H3. The number of nitrogens with zero attached hydrogens (tertiary/aromatic N) is 5. The molecule has 1 aromatic carbocycles. The summed E-state index contributed by atoms with van der Waals surface area (Å²) in [6, 6.07) is 8.81. The highest BCUT2D eigenvalue weighted by atomic mass is 32.1. The van der Waals surface area contributed by atoms with E-state index in [1.54, 1.807) is 4.40 Å². The minimum atomic E-state index is 0.0838. The summed E-state index contributed by atoms with van der Waals surface area (Å²) in [5.41, 5.74) is 7.41. The molecule has 0 aliphatic carbocycles. The van der Waals surface area contributed by atoms with E-state index in [0.29, 0.717) is 0 Å². The molecule has 3 aromatic heterocycles. The average molecular weight is 458 g/mol. The van der Waals surface area contributed by atoms with Crippen molar-refractivity contribution in [1.82, 2.24) is 23.8 Å². The topological polar surface area (TPSA) is 55.4 Å². The first-order valence-corrected chi connectivity index (χ1v) is 12.6. The van der Waals surface area contributed by atoms with Crippen LogP contribution in [-0.4, -0.2) is 43.5 Å². The highest BCUT2D eigenvalue weighted by Gasteiger charge is 2.25. The molecule has 1 fully saturated rings. The molecule has 33 heavy (non-hydrogen) atoms. The molecule has 4 aromatic rings. The lowest BCUT2D eigenvalue weighted by atomic mass is 9.90. The van der Waals surface area contributed by atoms with Crippen molar-refractivity contribution in [3.05, 3.63) is 92.4 Å². The van der Waals surface area contributed by atoms with Crippen molar-refractivity contribution in [2.45, 2.75) is 39.2 Å². The van der Waals surface area contributed by atoms with Gasteiger partial charge in [0.1, 0.15) is 5.82 Å². The Labute approximate surface area is 196 Å². The molecule has 1 saturated heterocycles. The first kappa shape index (κ1) is 20.6. The van der Waals surface area contributed by atoms with Crippen LogP contribution in [0.15, 0.2) is 58.6 Å². The number of piperidine rings is 1. The van der Waals surface area contributed by atoms with E-state index in [4.69, 9.17) is 4.98 Å². The SMILES string of the molecule is Cc1nc2sccn2c(=O)c1CCN1CCC(=C2c3ccccc3CCn3ccnc32)CC1. The minimum absolute atomic E-state index is 0.0838. The summed E-state index contributed by atoms with van der Waals surface area (Å²) < 4.78 is 3.98. The molecule has 6 nitrogen and oxygen atoms in total. The number of likely N-dealkylation sites (tertiary alicyclic amines) is 1. The molecule has 0 bridgehead atoms. The van der Waals surface area contributed by atoms with Crippen LogP contribution in [0.3, 0.4) is 0 Å². The zero-order chi connectivity index (χ0) is 22.4. The normalized spacial score (nSPS) is 16.6. The van der Waals surface area contributed by atoms with Gasteiger partial charge in [-0.2, -0.15) is 0 Å². The lowest BCUT2D eigenvalue weighted by molar-refractivity contribution is 0.259. The quantitative estimate of drug-likeness (QED) is 0.467. The van der Waals surface area contributed by atoms with E-state index in [1.165, 1.54) is 33.6 Å². The van der Waals surface area contributed by atoms with Crippen LogP contribution in [0.2, 0.25) is 0 Å². The minimum Gasteiger partial charge on any atom is -0.331 e. The number of hydrogen-bond acceptors (Lipinski definition) is 5. The van der Waals surface area contributed by atoms with Gasteiger partial charge in [0, 0.05) is 67.0 Å². The maximum absolute atomic E-state index is 12.9. The van der Waals surface area contributed by atoms with E-state index in [-0.39, 0.29) is 5.56 Å². The molecule has 7 heteroatoms. The van der Waals surface area contributed by atoms with E-state index in [9.17, 15) is 4.79 Å². The lowest BCUT2D eigenvalue weighted by Gasteiger charge is -2.30. The number of fused-ring (bicyclic) bond motifs is 3. The highest BCUT2D eigenvalue weighted by molar-refractivity contribution is 7.15. The third-order valence-corrected chi connectivity index (χ3v) is 7.86. The molecular formula is C26H27N5OS. The number of imidazole rings is 1. The molecule has 2 aliphatic rings. The van der Waals surface area contributed by atoms with Crippen LogP contribution in [0.4, 0.5) is 0 Å². The molecule has 6 rings (SSSR count). The van der Waals surface area contributed by atoms with E-state index >= 15 is 0 Å². The van der Waals surface area contributed by atoms with E-state index in [2.05, 4.69) is 44.9 Å². The molecule has 168 valence electrons. The van der Waals surface area contributed by atoms with Gasteiger partial charge in [-0.05, 0) is 43.7 Å². The Hall–Kier alpha value is -3.03. The third-order valence-electron chi connectivity index (χ3n) is 7.11. The largest absolute Gasteiger partial charge is 0.331 e. The highest BCUT2D eigenvalue weighted by Crippen LogP contribution is 2.35. The molecular weight excluding hydrogens is 430 g/mol. The second-order valence-corrected chi connectivity index (χ2v) is 9.83. The van der Waals surface area contributed by atoms with Gasteiger partial charge in [-0.1, -0.05) is 29.8 Å². The van der Waals surface area contributed by atoms with Gasteiger partial charge in [0.2, 0.25) is 0 Å². The Morgan fingerprint density at radius 1 is 1.06 bits per heavy atom. The monoisotopic (exact) mass is 457 g/mol. The van der Waals surface area contributed by atoms with Crippen LogP contribution in [0, 0.1) is 6.92 Å². The number of hydrogen-bond donors (Lipinski definition) is 0. The van der Waals surface area contributed by atoms with Crippen LogP contribution in [0.5, 0.6) is 0 Å². The number of rotatable bonds is 3. The van der Waals surface area contributed by atoms with Crippen molar-refractivity contribution in [3.8, 4) is 0 Å². The number of benzene rings is 1. The summed E-state index contributed by atoms with van der Waals surface area (Å²) in [5, 5.41) is 1.92. The van der Waals surface area contributed by atoms with E-state index < -0.39 is 0 Å². The van der Waals surface area contributed by atoms with Crippen molar-refractivity contribution in [2.24, 2.45) is 0 Å². The summed E-state index contributed by atoms with van der Waals surface area (Å²) in [6.07, 6.45) is 9.72. The smallest absolute Gasteiger partial charge is 0.261 e. The molecule has 5 heterocycles. The van der Waals surface area contributed by atoms with Gasteiger partial charge in [0.05, 0.1) is 0 Å². The van der Waals surface area contributed by atoms with Crippen LogP contribution < -0.4 is 5.56 Å². The van der Waals surface area contributed by atoms with Crippen LogP contribution in [0.1, 0.15) is 41.1 Å². The summed E-state index contributed by atoms with van der Waals surface area (Å²) in [6.45, 7) is 5.85. The molecule has 0 spiro atoms. The Morgan fingerprint density at radius 2 is 1.91 bits per heavy atom. The fraction of sp³-hybridized carbons (Fsp3) is 0.346. The van der Waals surface area contributed by atoms with Crippen LogP contribution in [-0.2, 0) is 19.4 Å². The second-order valence-electron chi connectivity index (χ2n) is 8.96. The molecule has 0 N–H and O–H groups in total. The van der Waals surface area contributed by atoms with Crippen molar-refractivity contribution in [3.63, 3.8) is 0 Å². The van der Waals surface area contributed by atoms with Crippen molar-refractivity contribution >= 4 is 21.9 Å². The summed E-state index contributed by atoms with van der Waals surface area (Å²) in [5.74, 6) is 1.11. The Bertz CT molecular complexity index is 1420. The van der Waals surface area contributed by atoms with Gasteiger partial charge in [-0.25, -0.2) is 9.97 Å². The summed E-state index contributed by atoms with van der Waals surface area (Å²) in [7, 11) is 0. The Morgan fingerprint density at radius 3 is 2.79 bits per heavy atom. The van der Waals surface area contributed by atoms with Crippen molar-refractivity contribution in [2.75, 3.05) is 19.6 Å². The summed E-state index contributed by atoms with van der Waals surface area (Å²) in [4.78, 5) is 25.5. The van der Waals surface area contributed by atoms with Gasteiger partial charge in [0.15, 0.2) is 4.96 Å². The average Bonchev–Trinajstić information content (AvgIpc) is 3.46. The first-order chi connectivity index (χ1) is 16.2. The molecule has 0 unspecified atom stereocenters. The van der Waals surface area contributed by atoms with Gasteiger partial charge < -0.3 is 9.47 Å². The fourth-order valence-electron chi connectivity index (χ4n) is 5.28. The maximum atomic E-state index is 12.9. The zero-order valence-corrected chi connectivity index (χ0v) is 19.6. The molecule has 0 amide bonds. The predicted molar refractivity (Wildman–Crippen MR) is 132 cm³/mol. The number of aromatic nitrogens is 4. The van der Waals surface area contributed by atoms with Crippen molar-refractivity contribution in [1.29, 1.82) is 0 Å². The van der Waals surface area contributed by atoms with Crippen LogP contribution >= 0.6 is 11.3 Å². The summed E-state index contributed by atoms with van der Waals surface area (Å²) >= 11 is 1.51. The molecule has 0 atom stereocenters. The number of aryl methyl sites for hydroxylation is 3. The van der Waals surface area contributed by atoms with E-state index in [0.717, 1.165) is 73.9 Å². The van der Waals surface area contributed by atoms with Crippen LogP contribution in [0.25, 0.3) is 10.5 Å². The predicted octanol–water partition coefficient (Wildman–Crippen LogP) is 3.96. The molecule has 0 saturated carbocycles. The Kier molecular flexibility index (Phi) is 5.23. The zero-order valence-electron chi connectivity index (χ0n) is 18.8. The van der Waals surface area contributed by atoms with Gasteiger partial charge in [0.25, 0.3) is 5.56 Å². The fourth-order valence-corrected chi connectivity index (χ4v) is 6.03. The van der Waals surface area contributed by atoms with Gasteiger partial charge in [-0.15, -0.1) is 11.3 Å². The first-order valence-electron chi connectivity index (χ1n) is 11.7. The van der Waals surface area contributed by atoms with Crippen molar-refractivity contribution < 1.29 is 0 Å². The van der Waals surface area contributed by atoms with Gasteiger partial charge in [-0.3, -0.25) is 9.20 Å². The lowest BCUT2D eigenvalue weighted by Crippen LogP contribution is -2.34. The molecule has 2 aliphatic heterocycles. The molecule has 0 radical (unpaired) electrons. The Balaban J connectivity index is 1.23. The van der Waals surface area contributed by atoms with Gasteiger partial charge >= 0.3 is 0 Å². The third kappa shape index (κ3) is 3.65. The maximum Gasteiger partial charge on any atom is 0.261 e. The van der Waals surface area contributed by atoms with E-state index in [1.807, 2.05) is 24.7 Å². The number of thiazole rings is 1. The second kappa shape index (κ2) is 8.39.